The number of ether oxygens (including phenoxy) is 3. The van der Waals surface area contributed by atoms with Gasteiger partial charge in [0.2, 0.25) is 5.75 Å². The van der Waals surface area contributed by atoms with Crippen molar-refractivity contribution in [2.24, 2.45) is 0 Å². The fraction of sp³-hybridized carbons (Fsp3) is 0.571. The molecule has 1 fully saturated rings. The highest BCUT2D eigenvalue weighted by Gasteiger charge is 2.14. The summed E-state index contributed by atoms with van der Waals surface area (Å²) in [5.74, 6) is 0.939. The average molecular weight is 267 g/mol. The highest BCUT2D eigenvalue weighted by molar-refractivity contribution is 5.52. The van der Waals surface area contributed by atoms with E-state index < -0.39 is 0 Å². The van der Waals surface area contributed by atoms with Crippen molar-refractivity contribution in [1.82, 2.24) is 4.90 Å². The van der Waals surface area contributed by atoms with Gasteiger partial charge >= 0.3 is 0 Å². The van der Waals surface area contributed by atoms with Gasteiger partial charge in [0, 0.05) is 26.2 Å². The maximum absolute atomic E-state index is 9.88. The molecule has 5 nitrogen and oxygen atoms in total. The lowest BCUT2D eigenvalue weighted by Gasteiger charge is -2.20. The summed E-state index contributed by atoms with van der Waals surface area (Å²) in [6, 6.07) is 3.70. The van der Waals surface area contributed by atoms with Crippen LogP contribution in [0.1, 0.15) is 12.0 Å². The van der Waals surface area contributed by atoms with E-state index >= 15 is 0 Å². The fourth-order valence-electron chi connectivity index (χ4n) is 2.25. The molecule has 0 amide bonds. The Hall–Kier alpha value is -1.46. The molecule has 0 saturated carbocycles. The van der Waals surface area contributed by atoms with E-state index in [-0.39, 0.29) is 5.75 Å². The van der Waals surface area contributed by atoms with Crippen molar-refractivity contribution in [3.63, 3.8) is 0 Å². The molecular weight excluding hydrogens is 246 g/mol. The fourth-order valence-corrected chi connectivity index (χ4v) is 2.25. The van der Waals surface area contributed by atoms with Crippen LogP contribution in [0.15, 0.2) is 12.1 Å². The molecule has 1 aromatic rings. The Labute approximate surface area is 113 Å². The smallest absolute Gasteiger partial charge is 0.200 e. The van der Waals surface area contributed by atoms with Crippen molar-refractivity contribution in [3.8, 4) is 17.2 Å². The molecule has 0 aliphatic carbocycles. The predicted molar refractivity (Wildman–Crippen MR) is 71.9 cm³/mol. The Bertz CT molecular complexity index is 389. The van der Waals surface area contributed by atoms with Gasteiger partial charge < -0.3 is 19.3 Å². The van der Waals surface area contributed by atoms with Crippen LogP contribution in [0.25, 0.3) is 0 Å². The van der Waals surface area contributed by atoms with Gasteiger partial charge in [0.25, 0.3) is 0 Å². The van der Waals surface area contributed by atoms with E-state index in [0.29, 0.717) is 11.5 Å². The number of nitrogens with zero attached hydrogens (tertiary/aromatic N) is 1. The van der Waals surface area contributed by atoms with Crippen LogP contribution in [0.4, 0.5) is 0 Å². The Balaban J connectivity index is 2.14. The minimum Gasteiger partial charge on any atom is -0.502 e. The van der Waals surface area contributed by atoms with Crippen LogP contribution in [0.3, 0.4) is 0 Å². The molecule has 1 aliphatic rings. The first-order chi connectivity index (χ1) is 9.24. The second kappa shape index (κ2) is 6.63. The molecule has 0 spiro atoms. The normalized spacial score (nSPS) is 16.9. The molecule has 5 heteroatoms. The lowest BCUT2D eigenvalue weighted by Crippen LogP contribution is -2.25. The summed E-state index contributed by atoms with van der Waals surface area (Å²) in [6.07, 6.45) is 1.05. The Kier molecular flexibility index (Phi) is 4.87. The van der Waals surface area contributed by atoms with Crippen LogP contribution in [-0.4, -0.2) is 50.5 Å². The van der Waals surface area contributed by atoms with Gasteiger partial charge in [-0.05, 0) is 24.1 Å². The SMILES string of the molecule is COc1cc(CN2CCCOCC2)cc(OC)c1O. The van der Waals surface area contributed by atoms with E-state index in [0.717, 1.165) is 44.8 Å². The van der Waals surface area contributed by atoms with Crippen LogP contribution >= 0.6 is 0 Å². The third-order valence-corrected chi connectivity index (χ3v) is 3.26. The second-order valence-electron chi connectivity index (χ2n) is 4.59. The molecule has 19 heavy (non-hydrogen) atoms. The molecule has 1 heterocycles. The van der Waals surface area contributed by atoms with Crippen LogP contribution < -0.4 is 9.47 Å². The number of phenolic OH excluding ortho intramolecular Hbond substituents is 1. The molecule has 0 unspecified atom stereocenters. The van der Waals surface area contributed by atoms with Gasteiger partial charge in [0.05, 0.1) is 20.8 Å². The van der Waals surface area contributed by atoms with Gasteiger partial charge in [-0.2, -0.15) is 0 Å². The lowest BCUT2D eigenvalue weighted by molar-refractivity contribution is 0.140. The minimum absolute atomic E-state index is 0.0490. The number of rotatable bonds is 4. The zero-order valence-corrected chi connectivity index (χ0v) is 11.5. The topological polar surface area (TPSA) is 51.2 Å². The highest BCUT2D eigenvalue weighted by atomic mass is 16.5. The van der Waals surface area contributed by atoms with Gasteiger partial charge in [-0.1, -0.05) is 0 Å². The maximum Gasteiger partial charge on any atom is 0.200 e. The molecule has 0 bridgehead atoms. The maximum atomic E-state index is 9.88. The molecule has 1 aliphatic heterocycles. The van der Waals surface area contributed by atoms with E-state index in [1.54, 1.807) is 0 Å². The van der Waals surface area contributed by atoms with Gasteiger partial charge in [0.15, 0.2) is 11.5 Å². The first-order valence-electron chi connectivity index (χ1n) is 6.48. The summed E-state index contributed by atoms with van der Waals surface area (Å²) in [4.78, 5) is 2.33. The average Bonchev–Trinajstić information content (AvgIpc) is 2.69. The molecule has 1 aromatic carbocycles. The zero-order chi connectivity index (χ0) is 13.7. The van der Waals surface area contributed by atoms with Crippen molar-refractivity contribution in [2.75, 3.05) is 40.5 Å². The van der Waals surface area contributed by atoms with Crippen molar-refractivity contribution in [3.05, 3.63) is 17.7 Å². The summed E-state index contributed by atoms with van der Waals surface area (Å²) in [6.45, 7) is 4.35. The summed E-state index contributed by atoms with van der Waals surface area (Å²) < 4.78 is 15.8. The van der Waals surface area contributed by atoms with Gasteiger partial charge in [0.1, 0.15) is 0 Å². The van der Waals surface area contributed by atoms with Crippen molar-refractivity contribution < 1.29 is 19.3 Å². The van der Waals surface area contributed by atoms with Crippen LogP contribution in [-0.2, 0) is 11.3 Å². The van der Waals surface area contributed by atoms with E-state index in [4.69, 9.17) is 14.2 Å². The third-order valence-electron chi connectivity index (χ3n) is 3.26. The van der Waals surface area contributed by atoms with Gasteiger partial charge in [-0.15, -0.1) is 0 Å². The van der Waals surface area contributed by atoms with Gasteiger partial charge in [-0.3, -0.25) is 4.90 Å². The van der Waals surface area contributed by atoms with E-state index in [9.17, 15) is 5.11 Å². The van der Waals surface area contributed by atoms with E-state index in [2.05, 4.69) is 4.90 Å². The summed E-state index contributed by atoms with van der Waals surface area (Å²) in [5, 5.41) is 9.88. The van der Waals surface area contributed by atoms with Crippen molar-refractivity contribution in [1.29, 1.82) is 0 Å². The van der Waals surface area contributed by atoms with E-state index in [1.807, 2.05) is 12.1 Å². The molecule has 106 valence electrons. The standard InChI is InChI=1S/C14H21NO4/c1-17-12-8-11(9-13(18-2)14(12)16)10-15-4-3-6-19-7-5-15/h8-9,16H,3-7,10H2,1-2H3. The van der Waals surface area contributed by atoms with Crippen LogP contribution in [0.2, 0.25) is 0 Å². The summed E-state index contributed by atoms with van der Waals surface area (Å²) in [7, 11) is 3.08. The molecule has 0 aromatic heterocycles. The summed E-state index contributed by atoms with van der Waals surface area (Å²) >= 11 is 0. The van der Waals surface area contributed by atoms with Crippen molar-refractivity contribution >= 4 is 0 Å². The first-order valence-corrected chi connectivity index (χ1v) is 6.48. The lowest BCUT2D eigenvalue weighted by atomic mass is 10.1. The molecule has 1 N–H and O–H groups in total. The third kappa shape index (κ3) is 3.52. The molecule has 1 saturated heterocycles. The quantitative estimate of drug-likeness (QED) is 0.898. The largest absolute Gasteiger partial charge is 0.502 e. The monoisotopic (exact) mass is 267 g/mol. The van der Waals surface area contributed by atoms with Gasteiger partial charge in [-0.25, -0.2) is 0 Å². The number of hydrogen-bond acceptors (Lipinski definition) is 5. The molecule has 0 radical (unpaired) electrons. The van der Waals surface area contributed by atoms with Crippen LogP contribution in [0, 0.1) is 0 Å². The Morgan fingerprint density at radius 1 is 1.16 bits per heavy atom. The first kappa shape index (κ1) is 14.0. The molecule has 2 rings (SSSR count). The number of aromatic hydroxyl groups is 1. The molecular formula is C14H21NO4. The zero-order valence-electron chi connectivity index (χ0n) is 11.5. The van der Waals surface area contributed by atoms with E-state index in [1.165, 1.54) is 14.2 Å². The minimum atomic E-state index is 0.0490. The highest BCUT2D eigenvalue weighted by Crippen LogP contribution is 2.37. The number of hydrogen-bond donors (Lipinski definition) is 1. The summed E-state index contributed by atoms with van der Waals surface area (Å²) in [5.41, 5.74) is 1.06. The second-order valence-corrected chi connectivity index (χ2v) is 4.59. The number of benzene rings is 1. The number of methoxy groups -OCH3 is 2. The predicted octanol–water partition coefficient (Wildman–Crippen LogP) is 1.63. The Morgan fingerprint density at radius 2 is 1.84 bits per heavy atom. The number of phenols is 1. The molecule has 0 atom stereocenters. The van der Waals surface area contributed by atoms with Crippen LogP contribution in [0.5, 0.6) is 17.2 Å². The van der Waals surface area contributed by atoms with Crippen molar-refractivity contribution in [2.45, 2.75) is 13.0 Å². The Morgan fingerprint density at radius 3 is 2.47 bits per heavy atom.